The molecule has 1 fully saturated rings. The SMILES string of the molecule is COC(=O)c1ccc(CN2C(=O)NC(=Cc3cccc(OCc4ccc(C)cc4)c3)C2=O)o1. The molecule has 0 spiro atoms. The number of furan rings is 1. The second kappa shape index (κ2) is 9.44. The summed E-state index contributed by atoms with van der Waals surface area (Å²) in [7, 11) is 1.24. The normalized spacial score (nSPS) is 14.5. The Morgan fingerprint density at radius 2 is 1.88 bits per heavy atom. The summed E-state index contributed by atoms with van der Waals surface area (Å²) in [6, 6.07) is 17.7. The van der Waals surface area contributed by atoms with Crippen molar-refractivity contribution in [2.45, 2.75) is 20.1 Å². The topological polar surface area (TPSA) is 98.1 Å². The van der Waals surface area contributed by atoms with Gasteiger partial charge in [0, 0.05) is 0 Å². The lowest BCUT2D eigenvalue weighted by Crippen LogP contribution is -2.30. The number of imide groups is 1. The number of hydrogen-bond donors (Lipinski definition) is 1. The van der Waals surface area contributed by atoms with Crippen molar-refractivity contribution in [2.24, 2.45) is 0 Å². The van der Waals surface area contributed by atoms with Crippen LogP contribution in [0.1, 0.15) is 33.0 Å². The zero-order valence-electron chi connectivity index (χ0n) is 18.2. The minimum Gasteiger partial charge on any atom is -0.489 e. The molecule has 1 aliphatic heterocycles. The van der Waals surface area contributed by atoms with Gasteiger partial charge in [-0.25, -0.2) is 9.59 Å². The Kier molecular flexibility index (Phi) is 6.26. The van der Waals surface area contributed by atoms with Gasteiger partial charge < -0.3 is 19.2 Å². The Balaban J connectivity index is 1.43. The van der Waals surface area contributed by atoms with Crippen molar-refractivity contribution in [3.8, 4) is 5.75 Å². The molecule has 1 aliphatic rings. The number of amides is 3. The molecular formula is C25H22N2O6. The molecule has 0 radical (unpaired) electrons. The summed E-state index contributed by atoms with van der Waals surface area (Å²) >= 11 is 0. The summed E-state index contributed by atoms with van der Waals surface area (Å²) < 4.78 is 15.8. The number of hydrogen-bond acceptors (Lipinski definition) is 6. The first-order chi connectivity index (χ1) is 15.9. The molecule has 1 saturated heterocycles. The number of aryl methyl sites for hydroxylation is 1. The first-order valence-corrected chi connectivity index (χ1v) is 10.2. The van der Waals surface area contributed by atoms with Gasteiger partial charge in [0.25, 0.3) is 5.91 Å². The summed E-state index contributed by atoms with van der Waals surface area (Å²) in [6.07, 6.45) is 1.58. The summed E-state index contributed by atoms with van der Waals surface area (Å²) in [5.41, 5.74) is 3.07. The predicted molar refractivity (Wildman–Crippen MR) is 119 cm³/mol. The smallest absolute Gasteiger partial charge is 0.373 e. The highest BCUT2D eigenvalue weighted by Gasteiger charge is 2.34. The highest BCUT2D eigenvalue weighted by molar-refractivity contribution is 6.13. The maximum atomic E-state index is 12.8. The Hall–Kier alpha value is -4.33. The molecule has 0 aliphatic carbocycles. The Labute approximate surface area is 190 Å². The Morgan fingerprint density at radius 1 is 1.09 bits per heavy atom. The number of carbonyl (C=O) groups excluding carboxylic acids is 3. The van der Waals surface area contributed by atoms with E-state index in [1.54, 1.807) is 12.1 Å². The Morgan fingerprint density at radius 3 is 2.64 bits per heavy atom. The zero-order chi connectivity index (χ0) is 23.4. The maximum Gasteiger partial charge on any atom is 0.373 e. The van der Waals surface area contributed by atoms with Crippen LogP contribution in [-0.2, 0) is 22.7 Å². The molecule has 2 aromatic carbocycles. The second-order valence-corrected chi connectivity index (χ2v) is 7.48. The van der Waals surface area contributed by atoms with Crippen molar-refractivity contribution in [3.63, 3.8) is 0 Å². The molecule has 2 heterocycles. The van der Waals surface area contributed by atoms with Crippen LogP contribution in [0.25, 0.3) is 6.08 Å². The molecular weight excluding hydrogens is 424 g/mol. The van der Waals surface area contributed by atoms with Crippen LogP contribution in [0.4, 0.5) is 4.79 Å². The van der Waals surface area contributed by atoms with Crippen LogP contribution < -0.4 is 10.1 Å². The minimum absolute atomic E-state index is 0.00206. The fourth-order valence-electron chi connectivity index (χ4n) is 3.26. The lowest BCUT2D eigenvalue weighted by atomic mass is 10.1. The van der Waals surface area contributed by atoms with Crippen LogP contribution in [0.5, 0.6) is 5.75 Å². The average Bonchev–Trinajstić information content (AvgIpc) is 3.39. The quantitative estimate of drug-likeness (QED) is 0.334. The Bertz CT molecular complexity index is 1230. The first kappa shape index (κ1) is 21.9. The van der Waals surface area contributed by atoms with Crippen LogP contribution in [0, 0.1) is 6.92 Å². The van der Waals surface area contributed by atoms with Gasteiger partial charge in [-0.1, -0.05) is 42.0 Å². The van der Waals surface area contributed by atoms with Gasteiger partial charge >= 0.3 is 12.0 Å². The lowest BCUT2D eigenvalue weighted by molar-refractivity contribution is -0.123. The number of rotatable bonds is 7. The van der Waals surface area contributed by atoms with E-state index in [-0.39, 0.29) is 23.8 Å². The molecule has 3 amide bonds. The largest absolute Gasteiger partial charge is 0.489 e. The van der Waals surface area contributed by atoms with Crippen molar-refractivity contribution in [3.05, 3.63) is 94.6 Å². The van der Waals surface area contributed by atoms with E-state index >= 15 is 0 Å². The van der Waals surface area contributed by atoms with Crippen LogP contribution in [0.2, 0.25) is 0 Å². The van der Waals surface area contributed by atoms with Crippen LogP contribution >= 0.6 is 0 Å². The van der Waals surface area contributed by atoms with Crippen molar-refractivity contribution in [1.82, 2.24) is 10.2 Å². The third-order valence-corrected chi connectivity index (χ3v) is 5.02. The van der Waals surface area contributed by atoms with E-state index in [2.05, 4.69) is 10.1 Å². The van der Waals surface area contributed by atoms with E-state index in [1.165, 1.54) is 24.8 Å². The van der Waals surface area contributed by atoms with Gasteiger partial charge in [-0.15, -0.1) is 0 Å². The van der Waals surface area contributed by atoms with E-state index in [0.717, 1.165) is 10.5 Å². The fourth-order valence-corrected chi connectivity index (χ4v) is 3.26. The molecule has 0 bridgehead atoms. The number of nitrogens with zero attached hydrogens (tertiary/aromatic N) is 1. The van der Waals surface area contributed by atoms with Crippen LogP contribution in [0.3, 0.4) is 0 Å². The minimum atomic E-state index is -0.636. The molecule has 168 valence electrons. The van der Waals surface area contributed by atoms with Gasteiger partial charge in [-0.3, -0.25) is 9.69 Å². The summed E-state index contributed by atoms with van der Waals surface area (Å²) in [5, 5.41) is 2.57. The van der Waals surface area contributed by atoms with Crippen molar-refractivity contribution >= 4 is 24.0 Å². The van der Waals surface area contributed by atoms with Crippen LogP contribution in [0.15, 0.2) is 70.8 Å². The fraction of sp³-hybridized carbons (Fsp3) is 0.160. The van der Waals surface area contributed by atoms with E-state index in [4.69, 9.17) is 9.15 Å². The predicted octanol–water partition coefficient (Wildman–Crippen LogP) is 4.05. The number of urea groups is 1. The second-order valence-electron chi connectivity index (χ2n) is 7.48. The van der Waals surface area contributed by atoms with Gasteiger partial charge in [0.2, 0.25) is 5.76 Å². The van der Waals surface area contributed by atoms with Crippen LogP contribution in [-0.4, -0.2) is 29.9 Å². The number of benzene rings is 2. The average molecular weight is 446 g/mol. The van der Waals surface area contributed by atoms with E-state index in [1.807, 2.05) is 49.4 Å². The van der Waals surface area contributed by atoms with Crippen molar-refractivity contribution in [2.75, 3.05) is 7.11 Å². The van der Waals surface area contributed by atoms with Gasteiger partial charge in [0.1, 0.15) is 23.8 Å². The van der Waals surface area contributed by atoms with E-state index in [0.29, 0.717) is 17.9 Å². The lowest BCUT2D eigenvalue weighted by Gasteiger charge is -2.09. The molecule has 0 unspecified atom stereocenters. The van der Waals surface area contributed by atoms with E-state index in [9.17, 15) is 14.4 Å². The van der Waals surface area contributed by atoms with Gasteiger partial charge in [-0.05, 0) is 48.4 Å². The summed E-state index contributed by atoms with van der Waals surface area (Å²) in [5.74, 6) is -0.209. The highest BCUT2D eigenvalue weighted by Crippen LogP contribution is 2.21. The number of esters is 1. The van der Waals surface area contributed by atoms with Crippen molar-refractivity contribution < 1.29 is 28.3 Å². The van der Waals surface area contributed by atoms with Crippen molar-refractivity contribution in [1.29, 1.82) is 0 Å². The molecule has 4 rings (SSSR count). The summed E-state index contributed by atoms with van der Waals surface area (Å²) in [6.45, 7) is 2.33. The third-order valence-electron chi connectivity index (χ3n) is 5.02. The number of carbonyl (C=O) groups is 3. The third kappa shape index (κ3) is 5.12. The van der Waals surface area contributed by atoms with Gasteiger partial charge in [0.05, 0.1) is 13.7 Å². The number of ether oxygens (including phenoxy) is 2. The first-order valence-electron chi connectivity index (χ1n) is 10.2. The molecule has 8 nitrogen and oxygen atoms in total. The molecule has 0 saturated carbocycles. The molecule has 0 atom stereocenters. The number of nitrogens with one attached hydrogen (secondary N) is 1. The number of methoxy groups -OCH3 is 1. The van der Waals surface area contributed by atoms with E-state index < -0.39 is 17.9 Å². The van der Waals surface area contributed by atoms with Gasteiger partial charge in [-0.2, -0.15) is 0 Å². The highest BCUT2D eigenvalue weighted by atomic mass is 16.5. The molecule has 33 heavy (non-hydrogen) atoms. The molecule has 3 aromatic rings. The molecule has 1 N–H and O–H groups in total. The van der Waals surface area contributed by atoms with Gasteiger partial charge in [0.15, 0.2) is 0 Å². The zero-order valence-corrected chi connectivity index (χ0v) is 18.2. The standard InChI is InChI=1S/C25H22N2O6/c1-16-6-8-17(9-7-16)15-32-19-5-3-4-18(12-19)13-21-23(28)27(25(30)26-21)14-20-10-11-22(33-20)24(29)31-2/h3-13H,14-15H2,1-2H3,(H,26,30). The summed E-state index contributed by atoms with van der Waals surface area (Å²) in [4.78, 5) is 37.6. The maximum absolute atomic E-state index is 12.8. The molecule has 1 aromatic heterocycles. The molecule has 8 heteroatoms. The monoisotopic (exact) mass is 446 g/mol.